The van der Waals surface area contributed by atoms with Crippen LogP contribution in [0.15, 0.2) is 0 Å². The van der Waals surface area contributed by atoms with Crippen LogP contribution in [-0.2, 0) is 19.3 Å². The maximum absolute atomic E-state index is 10.6. The minimum absolute atomic E-state index is 0.179. The van der Waals surface area contributed by atoms with Crippen molar-refractivity contribution in [2.45, 2.75) is 52.7 Å². The summed E-state index contributed by atoms with van der Waals surface area (Å²) in [7, 11) is 0. The standard InChI is InChI=1S/C10H20O4/c1-8(11)12-7-10(5,6)14-13-9(2,3)4/h7H2,1-6H3. The maximum atomic E-state index is 10.6. The SMILES string of the molecule is CC(=O)OCC(C)(C)OOC(C)(C)C. The van der Waals surface area contributed by atoms with Gasteiger partial charge in [-0.05, 0) is 34.6 Å². The molecule has 0 atom stereocenters. The predicted molar refractivity (Wildman–Crippen MR) is 52.6 cm³/mol. The smallest absolute Gasteiger partial charge is 0.302 e. The summed E-state index contributed by atoms with van der Waals surface area (Å²) in [5.74, 6) is -0.322. The average molecular weight is 204 g/mol. The second-order valence-electron chi connectivity index (χ2n) is 4.82. The molecule has 0 aromatic rings. The zero-order chi connectivity index (χ0) is 11.4. The zero-order valence-corrected chi connectivity index (χ0v) is 9.84. The number of hydrogen-bond donors (Lipinski definition) is 0. The fourth-order valence-corrected chi connectivity index (χ4v) is 0.537. The molecule has 0 aliphatic carbocycles. The van der Waals surface area contributed by atoms with E-state index in [0.717, 1.165) is 0 Å². The third-order valence-corrected chi connectivity index (χ3v) is 1.14. The van der Waals surface area contributed by atoms with E-state index < -0.39 is 5.60 Å². The molecule has 4 nitrogen and oxygen atoms in total. The van der Waals surface area contributed by atoms with E-state index in [0.29, 0.717) is 0 Å². The van der Waals surface area contributed by atoms with Gasteiger partial charge in [-0.15, -0.1) is 0 Å². The van der Waals surface area contributed by atoms with E-state index in [4.69, 9.17) is 14.5 Å². The van der Waals surface area contributed by atoms with E-state index in [-0.39, 0.29) is 18.2 Å². The molecule has 0 radical (unpaired) electrons. The van der Waals surface area contributed by atoms with Gasteiger partial charge in [0.15, 0.2) is 0 Å². The summed E-state index contributed by atoms with van der Waals surface area (Å²) >= 11 is 0. The molecule has 0 N–H and O–H groups in total. The van der Waals surface area contributed by atoms with Gasteiger partial charge in [-0.2, -0.15) is 0 Å². The van der Waals surface area contributed by atoms with Crippen molar-refractivity contribution in [3.8, 4) is 0 Å². The van der Waals surface area contributed by atoms with Crippen LogP contribution < -0.4 is 0 Å². The minimum atomic E-state index is -0.626. The van der Waals surface area contributed by atoms with Crippen molar-refractivity contribution in [2.75, 3.05) is 6.61 Å². The fraction of sp³-hybridized carbons (Fsp3) is 0.900. The largest absolute Gasteiger partial charge is 0.463 e. The Hall–Kier alpha value is -0.610. The molecule has 0 aliphatic heterocycles. The van der Waals surface area contributed by atoms with Crippen LogP contribution in [0.1, 0.15) is 41.5 Å². The Kier molecular flexibility index (Phi) is 4.55. The summed E-state index contributed by atoms with van der Waals surface area (Å²) < 4.78 is 4.83. The summed E-state index contributed by atoms with van der Waals surface area (Å²) in [4.78, 5) is 20.9. The highest BCUT2D eigenvalue weighted by atomic mass is 17.2. The summed E-state index contributed by atoms with van der Waals surface area (Å²) in [6.07, 6.45) is 0. The first kappa shape index (κ1) is 13.4. The van der Waals surface area contributed by atoms with Crippen LogP contribution in [0.3, 0.4) is 0 Å². The summed E-state index contributed by atoms with van der Waals surface area (Å²) in [6, 6.07) is 0. The third-order valence-electron chi connectivity index (χ3n) is 1.14. The lowest BCUT2D eigenvalue weighted by Crippen LogP contribution is -2.35. The van der Waals surface area contributed by atoms with Crippen molar-refractivity contribution >= 4 is 5.97 Å². The Bertz CT molecular complexity index is 191. The molecular formula is C10H20O4. The molecule has 0 saturated heterocycles. The van der Waals surface area contributed by atoms with Crippen molar-refractivity contribution in [2.24, 2.45) is 0 Å². The second kappa shape index (κ2) is 4.75. The summed E-state index contributed by atoms with van der Waals surface area (Å²) in [5.41, 5.74) is -0.994. The van der Waals surface area contributed by atoms with E-state index in [1.165, 1.54) is 6.92 Å². The first-order valence-electron chi connectivity index (χ1n) is 4.63. The zero-order valence-electron chi connectivity index (χ0n) is 9.84. The highest BCUT2D eigenvalue weighted by Crippen LogP contribution is 2.16. The first-order valence-corrected chi connectivity index (χ1v) is 4.63. The van der Waals surface area contributed by atoms with Gasteiger partial charge in [0, 0.05) is 6.92 Å². The molecule has 0 aromatic heterocycles. The van der Waals surface area contributed by atoms with Crippen LogP contribution >= 0.6 is 0 Å². The highest BCUT2D eigenvalue weighted by Gasteiger charge is 2.25. The molecule has 84 valence electrons. The number of hydrogen-bond acceptors (Lipinski definition) is 4. The lowest BCUT2D eigenvalue weighted by molar-refractivity contribution is -0.400. The van der Waals surface area contributed by atoms with E-state index >= 15 is 0 Å². The van der Waals surface area contributed by atoms with E-state index in [2.05, 4.69) is 0 Å². The van der Waals surface area contributed by atoms with E-state index in [9.17, 15) is 4.79 Å². The first-order chi connectivity index (χ1) is 6.12. The lowest BCUT2D eigenvalue weighted by atomic mass is 10.1. The number of ether oxygens (including phenoxy) is 1. The summed E-state index contributed by atoms with van der Waals surface area (Å²) in [6.45, 7) is 10.8. The Morgan fingerprint density at radius 3 is 1.93 bits per heavy atom. The maximum Gasteiger partial charge on any atom is 0.302 e. The average Bonchev–Trinajstić information content (AvgIpc) is 1.97. The molecule has 0 fully saturated rings. The third kappa shape index (κ3) is 8.01. The van der Waals surface area contributed by atoms with Crippen LogP contribution in [0.25, 0.3) is 0 Å². The molecule has 0 aromatic carbocycles. The lowest BCUT2D eigenvalue weighted by Gasteiger charge is -2.27. The van der Waals surface area contributed by atoms with Gasteiger partial charge in [-0.3, -0.25) is 4.79 Å². The Morgan fingerprint density at radius 2 is 1.57 bits per heavy atom. The van der Waals surface area contributed by atoms with Gasteiger partial charge >= 0.3 is 5.97 Å². The Labute approximate surface area is 85.5 Å². The second-order valence-corrected chi connectivity index (χ2v) is 4.82. The van der Waals surface area contributed by atoms with Crippen molar-refractivity contribution in [1.29, 1.82) is 0 Å². The Morgan fingerprint density at radius 1 is 1.07 bits per heavy atom. The van der Waals surface area contributed by atoms with E-state index in [1.807, 2.05) is 20.8 Å². The van der Waals surface area contributed by atoms with Crippen molar-refractivity contribution in [1.82, 2.24) is 0 Å². The molecular weight excluding hydrogens is 184 g/mol. The highest BCUT2D eigenvalue weighted by molar-refractivity contribution is 5.65. The normalized spacial score (nSPS) is 12.7. The topological polar surface area (TPSA) is 44.8 Å². The van der Waals surface area contributed by atoms with Gasteiger partial charge in [0.1, 0.15) is 12.2 Å². The van der Waals surface area contributed by atoms with Crippen LogP contribution in [0, 0.1) is 0 Å². The van der Waals surface area contributed by atoms with Crippen LogP contribution in [0.5, 0.6) is 0 Å². The molecule has 0 rings (SSSR count). The van der Waals surface area contributed by atoms with Gasteiger partial charge in [0.2, 0.25) is 0 Å². The number of esters is 1. The molecule has 0 bridgehead atoms. The van der Waals surface area contributed by atoms with Crippen LogP contribution in [0.4, 0.5) is 0 Å². The monoisotopic (exact) mass is 204 g/mol. The molecule has 0 heterocycles. The number of carbonyl (C=O) groups excluding carboxylic acids is 1. The molecule has 0 aliphatic rings. The molecule has 0 saturated carbocycles. The van der Waals surface area contributed by atoms with Crippen molar-refractivity contribution in [3.63, 3.8) is 0 Å². The van der Waals surface area contributed by atoms with Crippen molar-refractivity contribution < 1.29 is 19.3 Å². The minimum Gasteiger partial charge on any atom is -0.463 e. The molecule has 0 spiro atoms. The molecule has 14 heavy (non-hydrogen) atoms. The van der Waals surface area contributed by atoms with Crippen LogP contribution in [0.2, 0.25) is 0 Å². The number of carbonyl (C=O) groups is 1. The molecule has 0 unspecified atom stereocenters. The van der Waals surface area contributed by atoms with Gasteiger partial charge < -0.3 is 4.74 Å². The van der Waals surface area contributed by atoms with Gasteiger partial charge in [-0.25, -0.2) is 9.78 Å². The van der Waals surface area contributed by atoms with Gasteiger partial charge in [0.05, 0.1) is 5.60 Å². The van der Waals surface area contributed by atoms with E-state index in [1.54, 1.807) is 13.8 Å². The Balaban J connectivity index is 3.89. The number of rotatable bonds is 4. The van der Waals surface area contributed by atoms with Crippen LogP contribution in [-0.4, -0.2) is 23.8 Å². The summed E-state index contributed by atoms with van der Waals surface area (Å²) in [5, 5.41) is 0. The van der Waals surface area contributed by atoms with Gasteiger partial charge in [0.25, 0.3) is 0 Å². The fourth-order valence-electron chi connectivity index (χ4n) is 0.537. The van der Waals surface area contributed by atoms with Crippen molar-refractivity contribution in [3.05, 3.63) is 0 Å². The quantitative estimate of drug-likeness (QED) is 0.399. The van der Waals surface area contributed by atoms with Gasteiger partial charge in [-0.1, -0.05) is 0 Å². The molecule has 0 amide bonds. The predicted octanol–water partition coefficient (Wildman–Crippen LogP) is 2.07. The molecule has 4 heteroatoms.